The van der Waals surface area contributed by atoms with Crippen LogP contribution >= 0.6 is 0 Å². The number of H-pyrrole nitrogens is 1. The number of halogens is 2. The molecule has 0 spiro atoms. The summed E-state index contributed by atoms with van der Waals surface area (Å²) in [4.78, 5) is 86.2. The second kappa shape index (κ2) is 16.2. The van der Waals surface area contributed by atoms with Gasteiger partial charge in [0.05, 0.1) is 12.1 Å². The largest absolute Gasteiger partial charge is 0.370 e. The average Bonchev–Trinajstić information content (AvgIpc) is 3.76. The molecule has 12 nitrogen and oxygen atoms in total. The quantitative estimate of drug-likeness (QED) is 0.160. The first-order valence-electron chi connectivity index (χ1n) is 18.3. The highest BCUT2D eigenvalue weighted by Gasteiger charge is 2.47. The van der Waals surface area contributed by atoms with Crippen LogP contribution in [0.25, 0.3) is 10.9 Å². The Morgan fingerprint density at radius 3 is 2.18 bits per heavy atom. The van der Waals surface area contributed by atoms with Crippen LogP contribution in [-0.2, 0) is 29.9 Å². The van der Waals surface area contributed by atoms with E-state index in [-0.39, 0.29) is 67.6 Å². The van der Waals surface area contributed by atoms with Crippen LogP contribution in [0.5, 0.6) is 0 Å². The van der Waals surface area contributed by atoms with Gasteiger partial charge in [-0.15, -0.1) is 0 Å². The number of aromatic amines is 1. The maximum Gasteiger partial charge on any atom is 0.270 e. The van der Waals surface area contributed by atoms with Gasteiger partial charge in [-0.25, -0.2) is 8.78 Å². The lowest BCUT2D eigenvalue weighted by Gasteiger charge is -2.31. The maximum absolute atomic E-state index is 14.3. The zero-order valence-corrected chi connectivity index (χ0v) is 30.6. The van der Waals surface area contributed by atoms with Crippen LogP contribution in [0.2, 0.25) is 0 Å². The fourth-order valence-electron chi connectivity index (χ4n) is 7.60. The lowest BCUT2D eigenvalue weighted by molar-refractivity contribution is -0.141. The van der Waals surface area contributed by atoms with Gasteiger partial charge in [0.25, 0.3) is 11.8 Å². The number of nitrogens with two attached hydrogens (primary N) is 1. The van der Waals surface area contributed by atoms with Crippen LogP contribution in [0.1, 0.15) is 79.0 Å². The number of hydrogen-bond donors (Lipinski definition) is 4. The zero-order valence-electron chi connectivity index (χ0n) is 30.6. The second-order valence-corrected chi connectivity index (χ2v) is 14.4. The van der Waals surface area contributed by atoms with Gasteiger partial charge in [-0.2, -0.15) is 0 Å². The summed E-state index contributed by atoms with van der Waals surface area (Å²) in [5.41, 5.74) is 7.50. The van der Waals surface area contributed by atoms with Gasteiger partial charge >= 0.3 is 0 Å². The van der Waals surface area contributed by atoms with E-state index in [2.05, 4.69) is 15.6 Å². The van der Waals surface area contributed by atoms with Crippen LogP contribution in [0.4, 0.5) is 8.78 Å². The van der Waals surface area contributed by atoms with Crippen molar-refractivity contribution in [1.29, 1.82) is 0 Å². The standard InChI is InChI=1S/C41H44F2N6O6/c1-24(50)48-22-29-14-17-35(49(29)40(55)34(23-48)47-38(53)33-20-27-19-28(41(2,42)43)13-15-31(27)45-33)39(54)46-32(16-18-37(44)52)36(51)21-30(25-9-5-3-6-10-25)26-11-7-4-8-12-26/h3-13,15,19-20,29-30,32,34-35,45H,14,16-18,21-23H2,1-2H3,(H2,44,52)(H,46,54)(H,47,53)/t29-,32+,34+,35+/m1/s1. The van der Waals surface area contributed by atoms with Crippen LogP contribution in [0.3, 0.4) is 0 Å². The Labute approximate surface area is 316 Å². The van der Waals surface area contributed by atoms with Gasteiger partial charge in [-0.1, -0.05) is 66.7 Å². The number of benzene rings is 3. The summed E-state index contributed by atoms with van der Waals surface area (Å²) in [6.45, 7) is 2.09. The molecule has 5 N–H and O–H groups in total. The Hall–Kier alpha value is -5.92. The Morgan fingerprint density at radius 1 is 0.927 bits per heavy atom. The number of carbonyl (C=O) groups excluding carboxylic acids is 6. The summed E-state index contributed by atoms with van der Waals surface area (Å²) < 4.78 is 27.9. The number of hydrogen-bond acceptors (Lipinski definition) is 6. The van der Waals surface area contributed by atoms with Crippen molar-refractivity contribution in [2.45, 2.75) is 82.0 Å². The molecule has 55 heavy (non-hydrogen) atoms. The minimum atomic E-state index is -3.09. The first-order chi connectivity index (χ1) is 26.2. The lowest BCUT2D eigenvalue weighted by atomic mass is 9.85. The normalized spacial score (nSPS) is 19.1. The Morgan fingerprint density at radius 2 is 1.58 bits per heavy atom. The van der Waals surface area contributed by atoms with Gasteiger partial charge in [-0.05, 0) is 48.6 Å². The van der Waals surface area contributed by atoms with Crippen molar-refractivity contribution in [1.82, 2.24) is 25.4 Å². The Balaban J connectivity index is 1.22. The third-order valence-corrected chi connectivity index (χ3v) is 10.5. The van der Waals surface area contributed by atoms with Gasteiger partial charge < -0.3 is 31.2 Å². The molecule has 4 atom stereocenters. The van der Waals surface area contributed by atoms with Gasteiger partial charge in [0.15, 0.2) is 5.78 Å². The van der Waals surface area contributed by atoms with Crippen LogP contribution in [-0.4, -0.2) is 87.4 Å². The fraction of sp³-hybridized carbons (Fsp3) is 0.366. The molecule has 0 radical (unpaired) electrons. The van der Waals surface area contributed by atoms with Gasteiger partial charge in [0.1, 0.15) is 17.8 Å². The molecule has 0 aliphatic carbocycles. The summed E-state index contributed by atoms with van der Waals surface area (Å²) in [6, 6.07) is 20.4. The minimum absolute atomic E-state index is 0.0189. The summed E-state index contributed by atoms with van der Waals surface area (Å²) in [5.74, 6) is -6.60. The van der Waals surface area contributed by atoms with E-state index in [1.54, 1.807) is 0 Å². The van der Waals surface area contributed by atoms with Crippen molar-refractivity contribution in [2.75, 3.05) is 13.1 Å². The molecule has 2 aliphatic rings. The van der Waals surface area contributed by atoms with Crippen molar-refractivity contribution in [3.05, 3.63) is 107 Å². The molecule has 6 rings (SSSR count). The predicted octanol–water partition coefficient (Wildman–Crippen LogP) is 4.14. The molecular formula is C41H44F2N6O6. The highest BCUT2D eigenvalue weighted by Crippen LogP contribution is 2.32. The molecule has 1 aromatic heterocycles. The van der Waals surface area contributed by atoms with Gasteiger partial charge in [0, 0.05) is 62.2 Å². The number of primary amides is 1. The van der Waals surface area contributed by atoms with E-state index >= 15 is 0 Å². The average molecular weight is 755 g/mol. The molecule has 2 saturated heterocycles. The van der Waals surface area contributed by atoms with E-state index in [0.29, 0.717) is 17.3 Å². The number of amides is 5. The van der Waals surface area contributed by atoms with E-state index in [1.165, 1.54) is 41.0 Å². The number of aromatic nitrogens is 1. The highest BCUT2D eigenvalue weighted by molar-refractivity contribution is 6.01. The number of nitrogens with one attached hydrogen (secondary N) is 3. The van der Waals surface area contributed by atoms with Crippen molar-refractivity contribution < 1.29 is 37.5 Å². The maximum atomic E-state index is 14.3. The molecule has 2 aliphatic heterocycles. The van der Waals surface area contributed by atoms with E-state index < -0.39 is 53.7 Å². The molecule has 3 heterocycles. The molecule has 2 fully saturated rings. The minimum Gasteiger partial charge on any atom is -0.370 e. The molecule has 288 valence electrons. The van der Waals surface area contributed by atoms with Crippen LogP contribution < -0.4 is 16.4 Å². The number of Topliss-reactive ketones (excluding diaryl/α,β-unsaturated/α-hetero) is 1. The van der Waals surface area contributed by atoms with Crippen molar-refractivity contribution in [3.63, 3.8) is 0 Å². The SMILES string of the molecule is CC(=O)N1C[C@H]2CC[C@@H](C(=O)N[C@@H](CCC(N)=O)C(=O)CC(c3ccccc3)c3ccccc3)N2C(=O)[C@@H](NC(=O)c2cc3cc(C(C)(F)F)ccc3[nH]2)C1. The van der Waals surface area contributed by atoms with E-state index in [4.69, 9.17) is 5.73 Å². The molecule has 4 aromatic rings. The van der Waals surface area contributed by atoms with E-state index in [9.17, 15) is 37.5 Å². The van der Waals surface area contributed by atoms with Crippen LogP contribution in [0, 0.1) is 0 Å². The smallest absolute Gasteiger partial charge is 0.270 e. The summed E-state index contributed by atoms with van der Waals surface area (Å²) in [5, 5.41) is 5.89. The number of alkyl halides is 2. The molecule has 3 aromatic carbocycles. The summed E-state index contributed by atoms with van der Waals surface area (Å²) in [7, 11) is 0. The van der Waals surface area contributed by atoms with Gasteiger partial charge in [0.2, 0.25) is 23.6 Å². The molecule has 14 heteroatoms. The topological polar surface area (TPSA) is 175 Å². The number of fused-ring (bicyclic) bond motifs is 2. The highest BCUT2D eigenvalue weighted by atomic mass is 19.3. The summed E-state index contributed by atoms with van der Waals surface area (Å²) in [6.07, 6.45) is 0.426. The van der Waals surface area contributed by atoms with Gasteiger partial charge in [-0.3, -0.25) is 28.8 Å². The zero-order chi connectivity index (χ0) is 39.4. The van der Waals surface area contributed by atoms with Crippen molar-refractivity contribution in [2.24, 2.45) is 5.73 Å². The fourth-order valence-corrected chi connectivity index (χ4v) is 7.60. The first kappa shape index (κ1) is 38.8. The number of rotatable bonds is 13. The Bertz CT molecular complexity index is 2050. The molecule has 0 saturated carbocycles. The monoisotopic (exact) mass is 754 g/mol. The molecule has 0 bridgehead atoms. The molecule has 0 unspecified atom stereocenters. The number of nitrogens with zero attached hydrogens (tertiary/aromatic N) is 2. The van der Waals surface area contributed by atoms with Crippen molar-refractivity contribution in [3.8, 4) is 0 Å². The number of carbonyl (C=O) groups is 6. The summed E-state index contributed by atoms with van der Waals surface area (Å²) >= 11 is 0. The third kappa shape index (κ3) is 8.90. The lowest BCUT2D eigenvalue weighted by Crippen LogP contribution is -2.57. The second-order valence-electron chi connectivity index (χ2n) is 14.4. The van der Waals surface area contributed by atoms with E-state index in [1.807, 2.05) is 60.7 Å². The first-order valence-corrected chi connectivity index (χ1v) is 18.3. The van der Waals surface area contributed by atoms with Crippen LogP contribution in [0.15, 0.2) is 84.9 Å². The Kier molecular flexibility index (Phi) is 11.4. The number of ketones is 1. The molecular weight excluding hydrogens is 710 g/mol. The third-order valence-electron chi connectivity index (χ3n) is 10.5. The van der Waals surface area contributed by atoms with E-state index in [0.717, 1.165) is 18.1 Å². The van der Waals surface area contributed by atoms with Crippen molar-refractivity contribution >= 4 is 46.2 Å². The molecule has 5 amide bonds. The predicted molar refractivity (Wildman–Crippen MR) is 200 cm³/mol.